The molecule has 2 aromatic carbocycles. The van der Waals surface area contributed by atoms with Crippen molar-refractivity contribution in [1.29, 1.82) is 0 Å². The molecule has 10 heteroatoms. The van der Waals surface area contributed by atoms with Crippen molar-refractivity contribution in [2.75, 3.05) is 5.32 Å². The van der Waals surface area contributed by atoms with Gasteiger partial charge in [-0.2, -0.15) is 13.5 Å². The van der Waals surface area contributed by atoms with Crippen LogP contribution in [0.25, 0.3) is 5.69 Å². The SMILES string of the molecule is Cc1ccc(-n2nnnc2S[C@H](C)C(=O)Nc2ccccc2OC(F)F)cc1. The summed E-state index contributed by atoms with van der Waals surface area (Å²) in [6, 6.07) is 13.6. The van der Waals surface area contributed by atoms with Crippen LogP contribution in [0.3, 0.4) is 0 Å². The molecule has 3 rings (SSSR count). The number of ether oxygens (including phenoxy) is 1. The van der Waals surface area contributed by atoms with E-state index in [0.717, 1.165) is 23.0 Å². The molecule has 0 aliphatic rings. The summed E-state index contributed by atoms with van der Waals surface area (Å²) in [4.78, 5) is 12.5. The number of carbonyl (C=O) groups is 1. The molecule has 0 fully saturated rings. The van der Waals surface area contributed by atoms with Gasteiger partial charge in [-0.05, 0) is 48.5 Å². The summed E-state index contributed by atoms with van der Waals surface area (Å²) in [6.45, 7) is 0.662. The predicted octanol–water partition coefficient (Wildman–Crippen LogP) is 3.69. The van der Waals surface area contributed by atoms with Crippen LogP contribution in [0.4, 0.5) is 14.5 Å². The second-order valence-electron chi connectivity index (χ2n) is 5.83. The van der Waals surface area contributed by atoms with Crippen molar-refractivity contribution in [1.82, 2.24) is 20.2 Å². The zero-order chi connectivity index (χ0) is 20.1. The van der Waals surface area contributed by atoms with Gasteiger partial charge in [-0.25, -0.2) is 0 Å². The van der Waals surface area contributed by atoms with Gasteiger partial charge in [0.25, 0.3) is 0 Å². The van der Waals surface area contributed by atoms with Gasteiger partial charge in [0.05, 0.1) is 16.6 Å². The third kappa shape index (κ3) is 4.83. The van der Waals surface area contributed by atoms with E-state index in [0.29, 0.717) is 5.16 Å². The normalized spacial score (nSPS) is 12.0. The van der Waals surface area contributed by atoms with Crippen molar-refractivity contribution in [3.05, 3.63) is 54.1 Å². The third-order valence-corrected chi connectivity index (χ3v) is 4.76. The lowest BCUT2D eigenvalue weighted by atomic mass is 10.2. The topological polar surface area (TPSA) is 81.9 Å². The van der Waals surface area contributed by atoms with E-state index in [4.69, 9.17) is 0 Å². The average molecular weight is 405 g/mol. The smallest absolute Gasteiger partial charge is 0.387 e. The molecule has 0 bridgehead atoms. The molecular weight excluding hydrogens is 388 g/mol. The molecule has 0 saturated heterocycles. The zero-order valence-electron chi connectivity index (χ0n) is 15.0. The summed E-state index contributed by atoms with van der Waals surface area (Å²) in [5, 5.41) is 14.0. The van der Waals surface area contributed by atoms with Gasteiger partial charge < -0.3 is 10.1 Å². The molecule has 0 spiro atoms. The van der Waals surface area contributed by atoms with Crippen molar-refractivity contribution in [2.24, 2.45) is 0 Å². The second kappa shape index (κ2) is 8.79. The van der Waals surface area contributed by atoms with Crippen LogP contribution in [-0.2, 0) is 4.79 Å². The minimum Gasteiger partial charge on any atom is -0.433 e. The lowest BCUT2D eigenvalue weighted by Crippen LogP contribution is -2.23. The largest absolute Gasteiger partial charge is 0.433 e. The maximum Gasteiger partial charge on any atom is 0.387 e. The molecule has 146 valence electrons. The Balaban J connectivity index is 1.71. The molecule has 0 radical (unpaired) electrons. The minimum absolute atomic E-state index is 0.104. The number of thioether (sulfide) groups is 1. The van der Waals surface area contributed by atoms with Gasteiger partial charge in [0.1, 0.15) is 5.75 Å². The fourth-order valence-corrected chi connectivity index (χ4v) is 3.12. The van der Waals surface area contributed by atoms with Gasteiger partial charge in [-0.15, -0.1) is 5.10 Å². The van der Waals surface area contributed by atoms with Gasteiger partial charge in [0.2, 0.25) is 11.1 Å². The van der Waals surface area contributed by atoms with E-state index in [-0.39, 0.29) is 11.4 Å². The highest BCUT2D eigenvalue weighted by Crippen LogP contribution is 2.28. The molecule has 1 atom stereocenters. The van der Waals surface area contributed by atoms with Crippen LogP contribution in [-0.4, -0.2) is 38.0 Å². The first-order valence-corrected chi connectivity index (χ1v) is 9.19. The first kappa shape index (κ1) is 19.7. The number of amides is 1. The number of halogens is 2. The molecule has 0 saturated carbocycles. The standard InChI is InChI=1S/C18H17F2N5O2S/c1-11-7-9-13(10-8-11)25-18(22-23-24-25)28-12(2)16(26)21-14-5-3-4-6-15(14)27-17(19)20/h3-10,12,17H,1-2H3,(H,21,26)/t12-/m1/s1. The molecule has 1 N–H and O–H groups in total. The quantitative estimate of drug-likeness (QED) is 0.604. The van der Waals surface area contributed by atoms with Crippen LogP contribution >= 0.6 is 11.8 Å². The monoisotopic (exact) mass is 405 g/mol. The van der Waals surface area contributed by atoms with Crippen LogP contribution in [0.1, 0.15) is 12.5 Å². The Morgan fingerprint density at radius 2 is 1.89 bits per heavy atom. The third-order valence-electron chi connectivity index (χ3n) is 3.73. The molecule has 1 amide bonds. The van der Waals surface area contributed by atoms with Gasteiger partial charge in [-0.1, -0.05) is 41.6 Å². The average Bonchev–Trinajstić information content (AvgIpc) is 3.11. The predicted molar refractivity (Wildman–Crippen MR) is 101 cm³/mol. The maximum atomic E-state index is 12.5. The summed E-state index contributed by atoms with van der Waals surface area (Å²) in [6.07, 6.45) is 0. The van der Waals surface area contributed by atoms with E-state index in [1.807, 2.05) is 31.2 Å². The molecular formula is C18H17F2N5O2S. The van der Waals surface area contributed by atoms with E-state index < -0.39 is 17.8 Å². The van der Waals surface area contributed by atoms with Gasteiger partial charge in [-0.3, -0.25) is 4.79 Å². The highest BCUT2D eigenvalue weighted by atomic mass is 32.2. The van der Waals surface area contributed by atoms with Crippen molar-refractivity contribution in [3.8, 4) is 11.4 Å². The summed E-state index contributed by atoms with van der Waals surface area (Å²) in [7, 11) is 0. The highest BCUT2D eigenvalue weighted by molar-refractivity contribution is 8.00. The second-order valence-corrected chi connectivity index (χ2v) is 7.14. The Morgan fingerprint density at radius 1 is 1.18 bits per heavy atom. The van der Waals surface area contributed by atoms with E-state index in [2.05, 4.69) is 25.6 Å². The Labute approximate surface area is 164 Å². The van der Waals surface area contributed by atoms with E-state index >= 15 is 0 Å². The lowest BCUT2D eigenvalue weighted by Gasteiger charge is -2.14. The summed E-state index contributed by atoms with van der Waals surface area (Å²) < 4.78 is 31.0. The number of hydrogen-bond acceptors (Lipinski definition) is 6. The molecule has 0 aliphatic heterocycles. The number of hydrogen-bond donors (Lipinski definition) is 1. The minimum atomic E-state index is -2.98. The maximum absolute atomic E-state index is 12.5. The molecule has 28 heavy (non-hydrogen) atoms. The number of tetrazole rings is 1. The number of nitrogens with one attached hydrogen (secondary N) is 1. The molecule has 3 aromatic rings. The Hall–Kier alpha value is -3.01. The summed E-state index contributed by atoms with van der Waals surface area (Å²) in [5.41, 5.74) is 2.03. The molecule has 7 nitrogen and oxygen atoms in total. The Morgan fingerprint density at radius 3 is 2.61 bits per heavy atom. The van der Waals surface area contributed by atoms with E-state index in [9.17, 15) is 13.6 Å². The summed E-state index contributed by atoms with van der Waals surface area (Å²) in [5.74, 6) is -0.499. The number of carbonyl (C=O) groups excluding carboxylic acids is 1. The highest BCUT2D eigenvalue weighted by Gasteiger charge is 2.21. The van der Waals surface area contributed by atoms with E-state index in [1.165, 1.54) is 16.8 Å². The fraction of sp³-hybridized carbons (Fsp3) is 0.222. The molecule has 0 unspecified atom stereocenters. The Kier molecular flexibility index (Phi) is 6.19. The summed E-state index contributed by atoms with van der Waals surface area (Å²) >= 11 is 1.15. The first-order valence-electron chi connectivity index (χ1n) is 8.31. The van der Waals surface area contributed by atoms with Crippen LogP contribution in [0.2, 0.25) is 0 Å². The lowest BCUT2D eigenvalue weighted by molar-refractivity contribution is -0.115. The van der Waals surface area contributed by atoms with Gasteiger partial charge >= 0.3 is 6.61 Å². The number of benzene rings is 2. The van der Waals surface area contributed by atoms with Crippen molar-refractivity contribution in [2.45, 2.75) is 30.9 Å². The van der Waals surface area contributed by atoms with Crippen molar-refractivity contribution >= 4 is 23.4 Å². The number of para-hydroxylation sites is 2. The number of anilines is 1. The van der Waals surface area contributed by atoms with Gasteiger partial charge in [0.15, 0.2) is 0 Å². The zero-order valence-corrected chi connectivity index (χ0v) is 15.9. The molecule has 1 heterocycles. The van der Waals surface area contributed by atoms with Crippen LogP contribution < -0.4 is 10.1 Å². The number of rotatable bonds is 7. The van der Waals surface area contributed by atoms with Crippen molar-refractivity contribution < 1.29 is 18.3 Å². The molecule has 1 aromatic heterocycles. The van der Waals surface area contributed by atoms with Crippen LogP contribution in [0, 0.1) is 6.92 Å². The van der Waals surface area contributed by atoms with Crippen molar-refractivity contribution in [3.63, 3.8) is 0 Å². The van der Waals surface area contributed by atoms with E-state index in [1.54, 1.807) is 19.1 Å². The van der Waals surface area contributed by atoms with Gasteiger partial charge in [0, 0.05) is 0 Å². The fourth-order valence-electron chi connectivity index (χ4n) is 2.32. The molecule has 0 aliphatic carbocycles. The number of aryl methyl sites for hydroxylation is 1. The Bertz CT molecular complexity index is 949. The first-order chi connectivity index (χ1) is 13.4. The number of alkyl halides is 2. The number of nitrogens with zero attached hydrogens (tertiary/aromatic N) is 4. The van der Waals surface area contributed by atoms with Crippen LogP contribution in [0.5, 0.6) is 5.75 Å². The number of aromatic nitrogens is 4. The van der Waals surface area contributed by atoms with Crippen LogP contribution in [0.15, 0.2) is 53.7 Å².